The van der Waals surface area contributed by atoms with E-state index in [2.05, 4.69) is 155 Å². The van der Waals surface area contributed by atoms with Gasteiger partial charge in [-0.1, -0.05) is 133 Å². The topological polar surface area (TPSA) is 63.3 Å². The van der Waals surface area contributed by atoms with E-state index in [9.17, 15) is 10.5 Å². The number of rotatable bonds is 6. The van der Waals surface area contributed by atoms with Crippen molar-refractivity contribution >= 4 is 39.7 Å². The van der Waals surface area contributed by atoms with E-state index in [1.165, 1.54) is 0 Å². The highest BCUT2D eigenvalue weighted by atomic mass is 16.5. The molecule has 1 aliphatic carbocycles. The number of fused-ring (bicyclic) bond motifs is 4. The first-order valence-electron chi connectivity index (χ1n) is 19.2. The second-order valence-electron chi connectivity index (χ2n) is 14.3. The van der Waals surface area contributed by atoms with Crippen LogP contribution >= 0.6 is 0 Å². The molecule has 0 aromatic heterocycles. The summed E-state index contributed by atoms with van der Waals surface area (Å²) < 4.78 is 6.40. The highest BCUT2D eigenvalue weighted by Crippen LogP contribution is 2.56. The maximum atomic E-state index is 10.4. The maximum Gasteiger partial charge on any atom is 0.151 e. The zero-order valence-corrected chi connectivity index (χ0v) is 31.3. The molecule has 0 spiro atoms. The molecule has 8 aromatic rings. The molecule has 1 heterocycles. The summed E-state index contributed by atoms with van der Waals surface area (Å²) in [6.45, 7) is 0. The summed E-state index contributed by atoms with van der Waals surface area (Å²) in [4.78, 5) is 4.53. The van der Waals surface area contributed by atoms with Crippen molar-refractivity contribution in [2.75, 3.05) is 9.80 Å². The van der Waals surface area contributed by atoms with E-state index in [0.717, 1.165) is 79.0 Å². The normalized spacial score (nSPS) is 14.7. The number of anilines is 6. The van der Waals surface area contributed by atoms with Crippen LogP contribution in [0.3, 0.4) is 0 Å². The third-order valence-corrected chi connectivity index (χ3v) is 11.2. The third kappa shape index (κ3) is 5.38. The molecule has 0 saturated carbocycles. The van der Waals surface area contributed by atoms with E-state index in [0.29, 0.717) is 5.57 Å². The molecule has 5 heteroatoms. The fourth-order valence-corrected chi connectivity index (χ4v) is 8.86. The number of hydrogen-bond donors (Lipinski definition) is 0. The molecule has 0 bridgehead atoms. The minimum Gasteiger partial charge on any atom is -0.453 e. The first-order chi connectivity index (χ1) is 28.7. The Bertz CT molecular complexity index is 2810. The first-order valence-corrected chi connectivity index (χ1v) is 19.2. The Kier molecular flexibility index (Phi) is 8.41. The van der Waals surface area contributed by atoms with Crippen molar-refractivity contribution in [2.45, 2.75) is 5.41 Å². The van der Waals surface area contributed by atoms with Gasteiger partial charge < -0.3 is 14.5 Å². The van der Waals surface area contributed by atoms with E-state index in [1.807, 2.05) is 72.8 Å². The number of nitrogens with zero attached hydrogens (tertiary/aromatic N) is 4. The number of para-hydroxylation sites is 6. The molecule has 0 radical (unpaired) electrons. The van der Waals surface area contributed by atoms with Crippen molar-refractivity contribution < 1.29 is 4.74 Å². The zero-order valence-electron chi connectivity index (χ0n) is 31.3. The van der Waals surface area contributed by atoms with Gasteiger partial charge in [-0.2, -0.15) is 10.5 Å². The molecule has 0 unspecified atom stereocenters. The quantitative estimate of drug-likeness (QED) is 0.159. The van der Waals surface area contributed by atoms with Crippen molar-refractivity contribution in [1.82, 2.24) is 0 Å². The van der Waals surface area contributed by atoms with E-state index >= 15 is 0 Å². The molecular formula is C53H34N4O. The van der Waals surface area contributed by atoms with Gasteiger partial charge in [0.25, 0.3) is 0 Å². The molecule has 0 saturated heterocycles. The Morgan fingerprint density at radius 1 is 0.466 bits per heavy atom. The van der Waals surface area contributed by atoms with Crippen LogP contribution in [0.4, 0.5) is 34.1 Å². The van der Waals surface area contributed by atoms with Crippen LogP contribution in [-0.4, -0.2) is 0 Å². The van der Waals surface area contributed by atoms with E-state index in [-0.39, 0.29) is 5.57 Å². The van der Waals surface area contributed by atoms with Crippen LogP contribution in [0.15, 0.2) is 212 Å². The van der Waals surface area contributed by atoms with Gasteiger partial charge in [-0.15, -0.1) is 0 Å². The molecule has 58 heavy (non-hydrogen) atoms. The molecule has 0 fully saturated rings. The summed E-state index contributed by atoms with van der Waals surface area (Å²) in [6, 6.07) is 75.6. The largest absolute Gasteiger partial charge is 0.453 e. The Morgan fingerprint density at radius 3 is 1.50 bits per heavy atom. The van der Waals surface area contributed by atoms with Crippen LogP contribution in [0.2, 0.25) is 0 Å². The van der Waals surface area contributed by atoms with E-state index in [1.54, 1.807) is 0 Å². The monoisotopic (exact) mass is 742 g/mol. The van der Waals surface area contributed by atoms with Crippen LogP contribution in [0.5, 0.6) is 11.5 Å². The molecular weight excluding hydrogens is 709 g/mol. The van der Waals surface area contributed by atoms with Crippen LogP contribution < -0.4 is 14.5 Å². The smallest absolute Gasteiger partial charge is 0.151 e. The number of hydrogen-bond acceptors (Lipinski definition) is 5. The highest BCUT2D eigenvalue weighted by Gasteiger charge is 2.46. The lowest BCUT2D eigenvalue weighted by Gasteiger charge is -2.43. The predicted molar refractivity (Wildman–Crippen MR) is 231 cm³/mol. The standard InChI is InChI=1S/C53H34N4O/c54-35-37(36-55)52-44-22-7-9-24-46(44)53(47-25-10-8-23-45(47)52,38-30-32-42(33-31-38)56(40-17-3-1-4-18-40)41-19-5-2-6-20-41)39-16-15-21-43(34-39)57-48-26-11-13-28-50(48)58-51-29-14-12-27-49(51)57/h1-34H. The highest BCUT2D eigenvalue weighted by molar-refractivity contribution is 5.95. The average Bonchev–Trinajstić information content (AvgIpc) is 3.29. The van der Waals surface area contributed by atoms with Gasteiger partial charge in [0.2, 0.25) is 0 Å². The van der Waals surface area contributed by atoms with E-state index in [4.69, 9.17) is 4.74 Å². The molecule has 8 aromatic carbocycles. The Labute approximate surface area is 337 Å². The van der Waals surface area contributed by atoms with Gasteiger partial charge in [-0.3, -0.25) is 0 Å². The summed E-state index contributed by atoms with van der Waals surface area (Å²) in [7, 11) is 0. The SMILES string of the molecule is N#CC(C#N)=C1c2ccccc2C(c2ccc(N(c3ccccc3)c3ccccc3)cc2)(c2cccc(N3c4ccccc4Oc4ccccc43)c2)c2ccccc21. The average molecular weight is 743 g/mol. The summed E-state index contributed by atoms with van der Waals surface area (Å²) in [5.74, 6) is 1.56. The first kappa shape index (κ1) is 34.4. The molecule has 0 N–H and O–H groups in total. The van der Waals surface area contributed by atoms with Gasteiger partial charge in [0.15, 0.2) is 11.5 Å². The Balaban J connectivity index is 1.25. The fourth-order valence-electron chi connectivity index (χ4n) is 8.86. The van der Waals surface area contributed by atoms with Crippen molar-refractivity contribution in [2.24, 2.45) is 0 Å². The van der Waals surface area contributed by atoms with Crippen molar-refractivity contribution in [3.63, 3.8) is 0 Å². The third-order valence-electron chi connectivity index (χ3n) is 11.2. The van der Waals surface area contributed by atoms with Gasteiger partial charge >= 0.3 is 0 Å². The molecule has 0 amide bonds. The van der Waals surface area contributed by atoms with Gasteiger partial charge in [-0.25, -0.2) is 0 Å². The second-order valence-corrected chi connectivity index (χ2v) is 14.3. The van der Waals surface area contributed by atoms with Crippen LogP contribution in [-0.2, 0) is 5.41 Å². The molecule has 272 valence electrons. The van der Waals surface area contributed by atoms with Gasteiger partial charge in [0.05, 0.1) is 16.8 Å². The lowest BCUT2D eigenvalue weighted by molar-refractivity contribution is 0.477. The molecule has 5 nitrogen and oxygen atoms in total. The Morgan fingerprint density at radius 2 is 0.948 bits per heavy atom. The summed E-state index contributed by atoms with van der Waals surface area (Å²) >= 11 is 0. The van der Waals surface area contributed by atoms with Gasteiger partial charge in [0.1, 0.15) is 17.7 Å². The van der Waals surface area contributed by atoms with Crippen LogP contribution in [0, 0.1) is 22.7 Å². The fraction of sp³-hybridized carbons (Fsp3) is 0.0189. The molecule has 2 aliphatic rings. The van der Waals surface area contributed by atoms with Crippen molar-refractivity contribution in [1.29, 1.82) is 10.5 Å². The molecule has 10 rings (SSSR count). The molecule has 0 atom stereocenters. The van der Waals surface area contributed by atoms with Crippen LogP contribution in [0.1, 0.15) is 33.4 Å². The second kappa shape index (κ2) is 14.2. The minimum atomic E-state index is -0.864. The van der Waals surface area contributed by atoms with Crippen LogP contribution in [0.25, 0.3) is 5.57 Å². The lowest BCUT2D eigenvalue weighted by Crippen LogP contribution is -2.36. The summed E-state index contributed by atoms with van der Waals surface area (Å²) in [5.41, 5.74) is 11.6. The minimum absolute atomic E-state index is 0.0838. The predicted octanol–water partition coefficient (Wildman–Crippen LogP) is 13.3. The zero-order chi connectivity index (χ0) is 39.1. The Hall–Kier alpha value is -8.12. The maximum absolute atomic E-state index is 10.4. The number of ether oxygens (including phenoxy) is 1. The van der Waals surface area contributed by atoms with Gasteiger partial charge in [-0.05, 0) is 106 Å². The summed E-state index contributed by atoms with van der Waals surface area (Å²) in [6.07, 6.45) is 0. The summed E-state index contributed by atoms with van der Waals surface area (Å²) in [5, 5.41) is 20.7. The van der Waals surface area contributed by atoms with Crippen molar-refractivity contribution in [3.8, 4) is 23.6 Å². The molecule has 1 aliphatic heterocycles. The van der Waals surface area contributed by atoms with Gasteiger partial charge in [0, 0.05) is 28.3 Å². The number of benzene rings is 8. The van der Waals surface area contributed by atoms with E-state index < -0.39 is 5.41 Å². The number of allylic oxidation sites excluding steroid dienone is 1. The number of nitriles is 2. The van der Waals surface area contributed by atoms with Crippen molar-refractivity contribution in [3.05, 3.63) is 245 Å². The lowest BCUT2D eigenvalue weighted by atomic mass is 9.58.